The number of epoxide rings is 1. The van der Waals surface area contributed by atoms with Crippen molar-refractivity contribution in [3.8, 4) is 0 Å². The standard InChI is InChI=1S/C19H23ClN4O6/c1-2-7-18(14(21)25)19(30-18,15(22)26)16(27)29-17(28)24-10-8-23(9-11-24)13-6-4-3-5-12(13)20/h3-6H,2,7-11H2,1H3,(H2,21,25)(H2,22,26). The van der Waals surface area contributed by atoms with Gasteiger partial charge in [0.25, 0.3) is 17.4 Å². The predicted octanol–water partition coefficient (Wildman–Crippen LogP) is 0.404. The minimum absolute atomic E-state index is 0.00886. The summed E-state index contributed by atoms with van der Waals surface area (Å²) < 4.78 is 10.0. The average molecular weight is 439 g/mol. The van der Waals surface area contributed by atoms with Crippen LogP contribution in [-0.4, -0.2) is 66.2 Å². The van der Waals surface area contributed by atoms with Gasteiger partial charge in [-0.2, -0.15) is 0 Å². The molecule has 0 aliphatic carbocycles. The van der Waals surface area contributed by atoms with E-state index in [9.17, 15) is 19.2 Å². The second-order valence-corrected chi connectivity index (χ2v) is 7.58. The molecule has 11 heteroatoms. The number of carbonyl (C=O) groups is 4. The largest absolute Gasteiger partial charge is 0.417 e. The second kappa shape index (κ2) is 8.11. The molecule has 0 radical (unpaired) electrons. The van der Waals surface area contributed by atoms with E-state index in [0.29, 0.717) is 24.5 Å². The maximum Gasteiger partial charge on any atom is 0.417 e. The van der Waals surface area contributed by atoms with Crippen molar-refractivity contribution in [2.45, 2.75) is 31.0 Å². The van der Waals surface area contributed by atoms with Crippen LogP contribution in [0.15, 0.2) is 24.3 Å². The molecule has 2 atom stereocenters. The summed E-state index contributed by atoms with van der Waals surface area (Å²) in [7, 11) is 0. The van der Waals surface area contributed by atoms with Crippen molar-refractivity contribution in [2.24, 2.45) is 11.5 Å². The Hall–Kier alpha value is -2.85. The van der Waals surface area contributed by atoms with Gasteiger partial charge in [-0.1, -0.05) is 37.1 Å². The number of para-hydroxylation sites is 1. The van der Waals surface area contributed by atoms with Gasteiger partial charge >= 0.3 is 12.1 Å². The van der Waals surface area contributed by atoms with E-state index in [1.807, 2.05) is 23.1 Å². The zero-order chi connectivity index (χ0) is 22.1. The molecule has 1 aromatic carbocycles. The van der Waals surface area contributed by atoms with Crippen LogP contribution in [0.4, 0.5) is 10.5 Å². The number of hydrogen-bond acceptors (Lipinski definition) is 7. The number of esters is 1. The number of carbonyl (C=O) groups excluding carboxylic acids is 4. The van der Waals surface area contributed by atoms with Crippen molar-refractivity contribution in [1.29, 1.82) is 0 Å². The Labute approximate surface area is 178 Å². The SMILES string of the molecule is CCCC1(C(N)=O)OC1(C(N)=O)C(=O)OC(=O)N1CCN(c2ccccc2Cl)CC1. The van der Waals surface area contributed by atoms with Crippen molar-refractivity contribution in [2.75, 3.05) is 31.1 Å². The van der Waals surface area contributed by atoms with Gasteiger partial charge in [-0.15, -0.1) is 0 Å². The van der Waals surface area contributed by atoms with Gasteiger partial charge < -0.3 is 30.7 Å². The molecule has 3 rings (SSSR count). The van der Waals surface area contributed by atoms with Gasteiger partial charge in [-0.3, -0.25) is 9.59 Å². The fourth-order valence-electron chi connectivity index (χ4n) is 3.77. The fraction of sp³-hybridized carbons (Fsp3) is 0.474. The number of piperazine rings is 1. The summed E-state index contributed by atoms with van der Waals surface area (Å²) in [6.45, 7) is 3.17. The quantitative estimate of drug-likeness (QED) is 0.371. The van der Waals surface area contributed by atoms with Crippen LogP contribution in [-0.2, 0) is 23.9 Å². The van der Waals surface area contributed by atoms with E-state index in [2.05, 4.69) is 0 Å². The molecule has 0 aromatic heterocycles. The van der Waals surface area contributed by atoms with E-state index >= 15 is 0 Å². The summed E-state index contributed by atoms with van der Waals surface area (Å²) in [6.07, 6.45) is -0.571. The number of rotatable bonds is 6. The third kappa shape index (κ3) is 3.46. The molecule has 0 saturated carbocycles. The van der Waals surface area contributed by atoms with Gasteiger partial charge in [-0.05, 0) is 18.6 Å². The minimum atomic E-state index is -2.39. The molecule has 2 aliphatic rings. The zero-order valence-electron chi connectivity index (χ0n) is 16.4. The predicted molar refractivity (Wildman–Crippen MR) is 107 cm³/mol. The van der Waals surface area contributed by atoms with E-state index in [1.165, 1.54) is 4.90 Å². The topological polar surface area (TPSA) is 149 Å². The van der Waals surface area contributed by atoms with E-state index < -0.39 is 35.1 Å². The number of hydrogen-bond donors (Lipinski definition) is 2. The third-order valence-corrected chi connectivity index (χ3v) is 5.72. The Balaban J connectivity index is 1.65. The first kappa shape index (κ1) is 21.8. The lowest BCUT2D eigenvalue weighted by molar-refractivity contribution is -0.149. The summed E-state index contributed by atoms with van der Waals surface area (Å²) in [6, 6.07) is 7.33. The highest BCUT2D eigenvalue weighted by Gasteiger charge is 2.83. The molecule has 0 bridgehead atoms. The number of halogens is 1. The second-order valence-electron chi connectivity index (χ2n) is 7.17. The number of amides is 3. The molecule has 10 nitrogen and oxygen atoms in total. The average Bonchev–Trinajstić information content (AvgIpc) is 3.41. The molecule has 1 aromatic rings. The Morgan fingerprint density at radius 3 is 2.27 bits per heavy atom. The van der Waals surface area contributed by atoms with Crippen LogP contribution in [0, 0.1) is 0 Å². The fourth-order valence-corrected chi connectivity index (χ4v) is 4.03. The van der Waals surface area contributed by atoms with Crippen molar-refractivity contribution in [3.63, 3.8) is 0 Å². The maximum absolute atomic E-state index is 12.6. The Morgan fingerprint density at radius 1 is 1.10 bits per heavy atom. The van der Waals surface area contributed by atoms with Crippen LogP contribution < -0.4 is 16.4 Å². The molecular formula is C19H23ClN4O6. The normalized spacial score (nSPS) is 25.5. The van der Waals surface area contributed by atoms with Crippen LogP contribution >= 0.6 is 11.6 Å². The first-order valence-electron chi connectivity index (χ1n) is 9.50. The molecule has 2 aliphatic heterocycles. The van der Waals surface area contributed by atoms with Gasteiger partial charge in [0, 0.05) is 26.2 Å². The lowest BCUT2D eigenvalue weighted by Gasteiger charge is -2.35. The highest BCUT2D eigenvalue weighted by Crippen LogP contribution is 2.52. The highest BCUT2D eigenvalue weighted by atomic mass is 35.5. The molecule has 0 spiro atoms. The molecule has 2 fully saturated rings. The summed E-state index contributed by atoms with van der Waals surface area (Å²) in [5.74, 6) is -3.57. The molecule has 2 unspecified atom stereocenters. The third-order valence-electron chi connectivity index (χ3n) is 5.40. The van der Waals surface area contributed by atoms with Crippen LogP contribution in [0.3, 0.4) is 0 Å². The van der Waals surface area contributed by atoms with Crippen molar-refractivity contribution < 1.29 is 28.7 Å². The van der Waals surface area contributed by atoms with Crippen molar-refractivity contribution in [3.05, 3.63) is 29.3 Å². The summed E-state index contributed by atoms with van der Waals surface area (Å²) in [5, 5.41) is 0.594. The number of anilines is 1. The Morgan fingerprint density at radius 2 is 1.73 bits per heavy atom. The van der Waals surface area contributed by atoms with Gasteiger partial charge in [0.15, 0.2) is 5.60 Å². The Bertz CT molecular complexity index is 888. The van der Waals surface area contributed by atoms with E-state index in [1.54, 1.807) is 13.0 Å². The van der Waals surface area contributed by atoms with E-state index in [0.717, 1.165) is 5.69 Å². The van der Waals surface area contributed by atoms with Gasteiger partial charge in [0.1, 0.15) is 0 Å². The smallest absolute Gasteiger partial charge is 0.373 e. The van der Waals surface area contributed by atoms with Crippen LogP contribution in [0.5, 0.6) is 0 Å². The number of nitrogens with two attached hydrogens (primary N) is 2. The van der Waals surface area contributed by atoms with Crippen LogP contribution in [0.1, 0.15) is 19.8 Å². The molecular weight excluding hydrogens is 416 g/mol. The van der Waals surface area contributed by atoms with E-state index in [4.69, 9.17) is 32.5 Å². The summed E-state index contributed by atoms with van der Waals surface area (Å²) in [4.78, 5) is 52.2. The number of nitrogens with zero attached hydrogens (tertiary/aromatic N) is 2. The first-order chi connectivity index (χ1) is 14.2. The lowest BCUT2D eigenvalue weighted by Crippen LogP contribution is -2.54. The Kier molecular flexibility index (Phi) is 5.91. The lowest BCUT2D eigenvalue weighted by atomic mass is 9.87. The number of benzene rings is 1. The molecule has 4 N–H and O–H groups in total. The van der Waals surface area contributed by atoms with Gasteiger partial charge in [-0.25, -0.2) is 9.59 Å². The van der Waals surface area contributed by atoms with Crippen LogP contribution in [0.2, 0.25) is 5.02 Å². The monoisotopic (exact) mass is 438 g/mol. The molecule has 162 valence electrons. The first-order valence-corrected chi connectivity index (χ1v) is 9.88. The minimum Gasteiger partial charge on any atom is -0.373 e. The van der Waals surface area contributed by atoms with Crippen LogP contribution in [0.25, 0.3) is 0 Å². The highest BCUT2D eigenvalue weighted by molar-refractivity contribution is 6.33. The molecule has 3 amide bonds. The molecule has 2 saturated heterocycles. The van der Waals surface area contributed by atoms with Crippen molar-refractivity contribution >= 4 is 41.2 Å². The molecule has 30 heavy (non-hydrogen) atoms. The number of ether oxygens (including phenoxy) is 2. The maximum atomic E-state index is 12.6. The van der Waals surface area contributed by atoms with E-state index in [-0.39, 0.29) is 19.5 Å². The zero-order valence-corrected chi connectivity index (χ0v) is 17.2. The van der Waals surface area contributed by atoms with Gasteiger partial charge in [0.2, 0.25) is 0 Å². The number of primary amides is 2. The van der Waals surface area contributed by atoms with Gasteiger partial charge in [0.05, 0.1) is 10.7 Å². The summed E-state index contributed by atoms with van der Waals surface area (Å²) in [5.41, 5.74) is 7.21. The summed E-state index contributed by atoms with van der Waals surface area (Å²) >= 11 is 6.20. The van der Waals surface area contributed by atoms with Crippen molar-refractivity contribution in [1.82, 2.24) is 4.90 Å². The molecule has 2 heterocycles.